The van der Waals surface area contributed by atoms with Gasteiger partial charge in [0, 0.05) is 23.7 Å². The summed E-state index contributed by atoms with van der Waals surface area (Å²) in [5, 5.41) is 3.20. The topological polar surface area (TPSA) is 12.0 Å². The number of hydrogen-bond donors (Lipinski definition) is 1. The third-order valence-corrected chi connectivity index (χ3v) is 2.96. The monoisotopic (exact) mass is 279 g/mol. The van der Waals surface area contributed by atoms with Crippen molar-refractivity contribution < 1.29 is 13.2 Å². The van der Waals surface area contributed by atoms with Gasteiger partial charge in [0.25, 0.3) is 0 Å². The maximum atomic E-state index is 13.9. The van der Waals surface area contributed by atoms with Crippen molar-refractivity contribution in [2.75, 3.05) is 0 Å². The molecule has 0 aliphatic rings. The average Bonchev–Trinajstić information content (AvgIpc) is 2.41. The van der Waals surface area contributed by atoms with Gasteiger partial charge in [-0.2, -0.15) is 0 Å². The molecule has 0 aliphatic heterocycles. The van der Waals surface area contributed by atoms with Crippen LogP contribution >= 0.6 is 0 Å². The van der Waals surface area contributed by atoms with E-state index in [2.05, 4.69) is 5.32 Å². The van der Waals surface area contributed by atoms with Gasteiger partial charge >= 0.3 is 0 Å². The summed E-state index contributed by atoms with van der Waals surface area (Å²) in [6, 6.07) is 7.76. The fraction of sp³-hybridized carbons (Fsp3) is 0.250. The van der Waals surface area contributed by atoms with Crippen LogP contribution in [-0.4, -0.2) is 6.04 Å². The van der Waals surface area contributed by atoms with E-state index in [4.69, 9.17) is 0 Å². The van der Waals surface area contributed by atoms with Gasteiger partial charge in [-0.3, -0.25) is 0 Å². The van der Waals surface area contributed by atoms with Gasteiger partial charge in [-0.25, -0.2) is 13.2 Å². The van der Waals surface area contributed by atoms with Gasteiger partial charge in [-0.05, 0) is 35.9 Å². The third-order valence-electron chi connectivity index (χ3n) is 2.96. The minimum Gasteiger partial charge on any atom is -0.310 e. The van der Waals surface area contributed by atoms with Crippen molar-refractivity contribution in [3.8, 4) is 11.1 Å². The summed E-state index contributed by atoms with van der Waals surface area (Å²) >= 11 is 0. The first-order valence-corrected chi connectivity index (χ1v) is 6.44. The Bertz CT molecular complexity index is 609. The molecule has 20 heavy (non-hydrogen) atoms. The second-order valence-electron chi connectivity index (χ2n) is 4.97. The third kappa shape index (κ3) is 3.39. The fourth-order valence-electron chi connectivity index (χ4n) is 1.91. The van der Waals surface area contributed by atoms with Crippen molar-refractivity contribution in [2.45, 2.75) is 26.4 Å². The minimum atomic E-state index is -0.640. The van der Waals surface area contributed by atoms with Crippen LogP contribution in [0.4, 0.5) is 13.2 Å². The van der Waals surface area contributed by atoms with Gasteiger partial charge in [0.1, 0.15) is 17.5 Å². The standard InChI is InChI=1S/C16H16F3N/c1-10(2)20-9-11-3-5-15(18)13(7-11)14-8-12(17)4-6-16(14)19/h3-8,10,20H,9H2,1-2H3. The Labute approximate surface area is 116 Å². The van der Waals surface area contributed by atoms with E-state index in [-0.39, 0.29) is 17.2 Å². The van der Waals surface area contributed by atoms with E-state index in [1.807, 2.05) is 13.8 Å². The molecule has 0 bridgehead atoms. The molecule has 0 heterocycles. The molecule has 1 nitrogen and oxygen atoms in total. The Morgan fingerprint density at radius 3 is 2.15 bits per heavy atom. The second-order valence-corrected chi connectivity index (χ2v) is 4.97. The van der Waals surface area contributed by atoms with Gasteiger partial charge in [-0.1, -0.05) is 19.9 Å². The SMILES string of the molecule is CC(C)NCc1ccc(F)c(-c2cc(F)ccc2F)c1. The number of nitrogens with one attached hydrogen (secondary N) is 1. The zero-order valence-corrected chi connectivity index (χ0v) is 11.4. The molecule has 2 aromatic rings. The van der Waals surface area contributed by atoms with Crippen molar-refractivity contribution in [1.82, 2.24) is 5.32 Å². The molecule has 2 rings (SSSR count). The Balaban J connectivity index is 2.40. The van der Waals surface area contributed by atoms with Crippen LogP contribution in [0.3, 0.4) is 0 Å². The lowest BCUT2D eigenvalue weighted by Gasteiger charge is -2.11. The van der Waals surface area contributed by atoms with Crippen LogP contribution in [0.1, 0.15) is 19.4 Å². The predicted molar refractivity (Wildman–Crippen MR) is 73.7 cm³/mol. The molecule has 0 aliphatic carbocycles. The molecule has 2 aromatic carbocycles. The van der Waals surface area contributed by atoms with Gasteiger partial charge < -0.3 is 5.32 Å². The van der Waals surface area contributed by atoms with Crippen LogP contribution in [0.25, 0.3) is 11.1 Å². The van der Waals surface area contributed by atoms with Gasteiger partial charge in [-0.15, -0.1) is 0 Å². The number of rotatable bonds is 4. The summed E-state index contributed by atoms with van der Waals surface area (Å²) in [6.45, 7) is 4.54. The molecule has 4 heteroatoms. The molecule has 0 atom stereocenters. The molecule has 106 valence electrons. The molecule has 0 amide bonds. The van der Waals surface area contributed by atoms with Crippen LogP contribution in [0, 0.1) is 17.5 Å². The zero-order chi connectivity index (χ0) is 14.7. The molecule has 1 N–H and O–H groups in total. The highest BCUT2D eigenvalue weighted by atomic mass is 19.1. The van der Waals surface area contributed by atoms with Gasteiger partial charge in [0.15, 0.2) is 0 Å². The highest BCUT2D eigenvalue weighted by molar-refractivity contribution is 5.65. The fourth-order valence-corrected chi connectivity index (χ4v) is 1.91. The van der Waals surface area contributed by atoms with E-state index in [0.717, 1.165) is 23.8 Å². The van der Waals surface area contributed by atoms with Crippen LogP contribution in [0.2, 0.25) is 0 Å². The van der Waals surface area contributed by atoms with E-state index in [1.165, 1.54) is 6.07 Å². The molecule has 0 saturated carbocycles. The smallest absolute Gasteiger partial charge is 0.131 e. The highest BCUT2D eigenvalue weighted by Gasteiger charge is 2.12. The molecule has 0 spiro atoms. The molecule has 0 fully saturated rings. The summed E-state index contributed by atoms with van der Waals surface area (Å²) < 4.78 is 40.8. The van der Waals surface area contributed by atoms with E-state index in [0.29, 0.717) is 6.54 Å². The summed E-state index contributed by atoms with van der Waals surface area (Å²) in [5.41, 5.74) is 0.831. The lowest BCUT2D eigenvalue weighted by molar-refractivity contribution is 0.585. The molecule has 0 saturated heterocycles. The summed E-state index contributed by atoms with van der Waals surface area (Å²) in [5.74, 6) is -1.80. The van der Waals surface area contributed by atoms with Crippen LogP contribution in [0.15, 0.2) is 36.4 Å². The van der Waals surface area contributed by atoms with Crippen molar-refractivity contribution in [3.63, 3.8) is 0 Å². The van der Waals surface area contributed by atoms with Crippen LogP contribution in [-0.2, 0) is 6.54 Å². The normalized spacial score (nSPS) is 11.1. The summed E-state index contributed by atoms with van der Waals surface area (Å²) in [6.07, 6.45) is 0. The van der Waals surface area contributed by atoms with E-state index in [1.54, 1.807) is 12.1 Å². The molecule has 0 radical (unpaired) electrons. The van der Waals surface area contributed by atoms with Crippen LogP contribution in [0.5, 0.6) is 0 Å². The zero-order valence-electron chi connectivity index (χ0n) is 11.4. The largest absolute Gasteiger partial charge is 0.310 e. The van der Waals surface area contributed by atoms with E-state index in [9.17, 15) is 13.2 Å². The molecule has 0 unspecified atom stereocenters. The Kier molecular flexibility index (Phi) is 4.45. The van der Waals surface area contributed by atoms with E-state index < -0.39 is 17.5 Å². The number of hydrogen-bond acceptors (Lipinski definition) is 1. The maximum absolute atomic E-state index is 13.9. The first-order valence-electron chi connectivity index (χ1n) is 6.44. The summed E-state index contributed by atoms with van der Waals surface area (Å²) in [4.78, 5) is 0. The average molecular weight is 279 g/mol. The Morgan fingerprint density at radius 1 is 0.900 bits per heavy atom. The van der Waals surface area contributed by atoms with Crippen molar-refractivity contribution >= 4 is 0 Å². The van der Waals surface area contributed by atoms with Gasteiger partial charge in [0.05, 0.1) is 0 Å². The quantitative estimate of drug-likeness (QED) is 0.881. The molecule has 0 aromatic heterocycles. The highest BCUT2D eigenvalue weighted by Crippen LogP contribution is 2.27. The molecular formula is C16H16F3N. The van der Waals surface area contributed by atoms with Crippen molar-refractivity contribution in [1.29, 1.82) is 0 Å². The van der Waals surface area contributed by atoms with Gasteiger partial charge in [0.2, 0.25) is 0 Å². The Hall–Kier alpha value is -1.81. The number of benzene rings is 2. The van der Waals surface area contributed by atoms with Crippen LogP contribution < -0.4 is 5.32 Å². The van der Waals surface area contributed by atoms with E-state index >= 15 is 0 Å². The first kappa shape index (κ1) is 14.6. The lowest BCUT2D eigenvalue weighted by atomic mass is 10.0. The second kappa shape index (κ2) is 6.09. The number of halogens is 3. The Morgan fingerprint density at radius 2 is 1.50 bits per heavy atom. The predicted octanol–water partition coefficient (Wildman–Crippen LogP) is 4.27. The lowest BCUT2D eigenvalue weighted by Crippen LogP contribution is -2.21. The summed E-state index contributed by atoms with van der Waals surface area (Å²) in [7, 11) is 0. The first-order chi connectivity index (χ1) is 9.47. The van der Waals surface area contributed by atoms with Crippen molar-refractivity contribution in [3.05, 3.63) is 59.4 Å². The maximum Gasteiger partial charge on any atom is 0.131 e. The molecular weight excluding hydrogens is 263 g/mol. The van der Waals surface area contributed by atoms with Crippen molar-refractivity contribution in [2.24, 2.45) is 0 Å². The minimum absolute atomic E-state index is 0.0612.